The van der Waals surface area contributed by atoms with E-state index in [4.69, 9.17) is 0 Å². The molecular formula is C14H16N6O2. The number of amides is 3. The lowest BCUT2D eigenvalue weighted by atomic mass is 10.2. The van der Waals surface area contributed by atoms with Crippen LogP contribution in [0.2, 0.25) is 0 Å². The molecule has 1 saturated heterocycles. The largest absolute Gasteiger partial charge is 0.329 e. The van der Waals surface area contributed by atoms with Gasteiger partial charge < -0.3 is 5.32 Å². The zero-order chi connectivity index (χ0) is 15.7. The molecule has 1 aliphatic rings. The molecule has 114 valence electrons. The van der Waals surface area contributed by atoms with Crippen LogP contribution in [0.4, 0.5) is 4.79 Å². The summed E-state index contributed by atoms with van der Waals surface area (Å²) in [4.78, 5) is 33.3. The first-order valence-electron chi connectivity index (χ1n) is 7.01. The monoisotopic (exact) mass is 300 g/mol. The second-order valence-corrected chi connectivity index (χ2v) is 5.28. The van der Waals surface area contributed by atoms with E-state index in [1.807, 2.05) is 19.9 Å². The lowest BCUT2D eigenvalue weighted by Crippen LogP contribution is -2.31. The van der Waals surface area contributed by atoms with E-state index in [2.05, 4.69) is 20.4 Å². The summed E-state index contributed by atoms with van der Waals surface area (Å²) in [5.74, 6) is 1.61. The van der Waals surface area contributed by atoms with Gasteiger partial charge in [-0.05, 0) is 12.1 Å². The lowest BCUT2D eigenvalue weighted by molar-refractivity contribution is -0.125. The minimum Gasteiger partial charge on any atom is -0.329 e. The van der Waals surface area contributed by atoms with Crippen LogP contribution < -0.4 is 5.32 Å². The predicted octanol–water partition coefficient (Wildman–Crippen LogP) is 0.838. The molecule has 3 amide bonds. The van der Waals surface area contributed by atoms with Gasteiger partial charge in [-0.3, -0.25) is 9.69 Å². The van der Waals surface area contributed by atoms with Gasteiger partial charge in [0, 0.05) is 12.1 Å². The number of aromatic nitrogens is 4. The van der Waals surface area contributed by atoms with Gasteiger partial charge in [-0.1, -0.05) is 19.9 Å². The average Bonchev–Trinajstić information content (AvgIpc) is 3.07. The first-order valence-corrected chi connectivity index (χ1v) is 7.01. The topological polar surface area (TPSA) is 93.0 Å². The Balaban J connectivity index is 1.99. The van der Waals surface area contributed by atoms with Crippen molar-refractivity contribution >= 4 is 11.9 Å². The van der Waals surface area contributed by atoms with Gasteiger partial charge >= 0.3 is 6.03 Å². The summed E-state index contributed by atoms with van der Waals surface area (Å²) in [5.41, 5.74) is 0. The summed E-state index contributed by atoms with van der Waals surface area (Å²) in [7, 11) is 0. The maximum atomic E-state index is 11.7. The number of carbonyl (C=O) groups excluding carboxylic acids is 2. The highest BCUT2D eigenvalue weighted by Gasteiger charge is 2.30. The van der Waals surface area contributed by atoms with Crippen LogP contribution in [-0.4, -0.2) is 43.1 Å². The van der Waals surface area contributed by atoms with Crippen molar-refractivity contribution in [3.8, 4) is 5.82 Å². The number of nitrogens with zero attached hydrogens (tertiary/aromatic N) is 5. The van der Waals surface area contributed by atoms with Crippen LogP contribution in [0.5, 0.6) is 0 Å². The van der Waals surface area contributed by atoms with Crippen LogP contribution in [0.3, 0.4) is 0 Å². The Kier molecular flexibility index (Phi) is 3.58. The predicted molar refractivity (Wildman–Crippen MR) is 77.2 cm³/mol. The molecule has 1 fully saturated rings. The summed E-state index contributed by atoms with van der Waals surface area (Å²) >= 11 is 0. The van der Waals surface area contributed by atoms with Crippen molar-refractivity contribution < 1.29 is 9.59 Å². The van der Waals surface area contributed by atoms with Gasteiger partial charge in [0.1, 0.15) is 0 Å². The first kappa shape index (κ1) is 14.2. The Morgan fingerprint density at radius 3 is 2.73 bits per heavy atom. The van der Waals surface area contributed by atoms with Crippen molar-refractivity contribution in [2.24, 2.45) is 0 Å². The van der Waals surface area contributed by atoms with Gasteiger partial charge in [-0.2, -0.15) is 4.68 Å². The number of imide groups is 1. The lowest BCUT2D eigenvalue weighted by Gasteiger charge is -2.12. The Morgan fingerprint density at radius 1 is 1.32 bits per heavy atom. The van der Waals surface area contributed by atoms with E-state index in [1.165, 1.54) is 0 Å². The molecule has 8 heteroatoms. The third kappa shape index (κ3) is 2.54. The van der Waals surface area contributed by atoms with Gasteiger partial charge in [0.15, 0.2) is 17.5 Å². The molecule has 0 saturated carbocycles. The third-order valence-corrected chi connectivity index (χ3v) is 3.31. The molecule has 0 atom stereocenters. The van der Waals surface area contributed by atoms with Crippen molar-refractivity contribution in [1.82, 2.24) is 30.0 Å². The van der Waals surface area contributed by atoms with Crippen LogP contribution in [0.15, 0.2) is 24.4 Å². The van der Waals surface area contributed by atoms with E-state index in [0.29, 0.717) is 17.5 Å². The molecule has 22 heavy (non-hydrogen) atoms. The summed E-state index contributed by atoms with van der Waals surface area (Å²) < 4.78 is 1.58. The third-order valence-electron chi connectivity index (χ3n) is 3.31. The minimum absolute atomic E-state index is 0.0214. The highest BCUT2D eigenvalue weighted by molar-refractivity contribution is 6.01. The van der Waals surface area contributed by atoms with Crippen molar-refractivity contribution in [2.75, 3.05) is 6.54 Å². The van der Waals surface area contributed by atoms with Gasteiger partial charge in [-0.15, -0.1) is 5.10 Å². The maximum absolute atomic E-state index is 11.7. The number of hydrogen-bond donors (Lipinski definition) is 1. The molecule has 2 aromatic heterocycles. The van der Waals surface area contributed by atoms with Gasteiger partial charge in [0.2, 0.25) is 5.91 Å². The van der Waals surface area contributed by atoms with E-state index in [9.17, 15) is 9.59 Å². The molecule has 8 nitrogen and oxygen atoms in total. The zero-order valence-corrected chi connectivity index (χ0v) is 12.4. The quantitative estimate of drug-likeness (QED) is 0.844. The second-order valence-electron chi connectivity index (χ2n) is 5.28. The van der Waals surface area contributed by atoms with E-state index < -0.39 is 6.03 Å². The Morgan fingerprint density at radius 2 is 2.14 bits per heavy atom. The SMILES string of the molecule is CC(C)c1nc(CN2C(=O)CNC2=O)n(-c2ccccn2)n1. The average molecular weight is 300 g/mol. The highest BCUT2D eigenvalue weighted by Crippen LogP contribution is 2.16. The molecule has 0 bridgehead atoms. The molecule has 0 spiro atoms. The Hall–Kier alpha value is -2.77. The fraction of sp³-hybridized carbons (Fsp3) is 0.357. The fourth-order valence-corrected chi connectivity index (χ4v) is 2.13. The smallest absolute Gasteiger partial charge is 0.325 e. The van der Waals surface area contributed by atoms with E-state index in [0.717, 1.165) is 4.90 Å². The van der Waals surface area contributed by atoms with Crippen LogP contribution in [0.25, 0.3) is 5.82 Å². The molecule has 1 aliphatic heterocycles. The molecule has 0 unspecified atom stereocenters. The van der Waals surface area contributed by atoms with Gasteiger partial charge in [-0.25, -0.2) is 14.8 Å². The van der Waals surface area contributed by atoms with Crippen molar-refractivity contribution in [1.29, 1.82) is 0 Å². The number of hydrogen-bond acceptors (Lipinski definition) is 5. The zero-order valence-electron chi connectivity index (χ0n) is 12.4. The normalized spacial score (nSPS) is 14.8. The van der Waals surface area contributed by atoms with Crippen molar-refractivity contribution in [2.45, 2.75) is 26.3 Å². The second kappa shape index (κ2) is 5.55. The summed E-state index contributed by atoms with van der Waals surface area (Å²) in [6, 6.07) is 5.04. The van der Waals surface area contributed by atoms with Gasteiger partial charge in [0.05, 0.1) is 13.1 Å². The fourth-order valence-electron chi connectivity index (χ4n) is 2.13. The number of pyridine rings is 1. The molecule has 1 N–H and O–H groups in total. The summed E-state index contributed by atoms with van der Waals surface area (Å²) in [5, 5.41) is 6.94. The molecule has 3 heterocycles. The van der Waals surface area contributed by atoms with Crippen LogP contribution in [0, 0.1) is 0 Å². The number of nitrogens with one attached hydrogen (secondary N) is 1. The molecule has 0 aliphatic carbocycles. The van der Waals surface area contributed by atoms with Crippen LogP contribution in [-0.2, 0) is 11.3 Å². The van der Waals surface area contributed by atoms with Crippen molar-refractivity contribution in [3.63, 3.8) is 0 Å². The number of urea groups is 1. The maximum Gasteiger partial charge on any atom is 0.325 e. The van der Waals surface area contributed by atoms with Crippen molar-refractivity contribution in [3.05, 3.63) is 36.0 Å². The molecular weight excluding hydrogens is 284 g/mol. The Bertz CT molecular complexity index is 693. The first-order chi connectivity index (χ1) is 10.6. The molecule has 2 aromatic rings. The molecule has 0 radical (unpaired) electrons. The summed E-state index contributed by atoms with van der Waals surface area (Å²) in [6.45, 7) is 4.06. The van der Waals surface area contributed by atoms with E-state index in [-0.39, 0.29) is 24.9 Å². The minimum atomic E-state index is -0.410. The highest BCUT2D eigenvalue weighted by atomic mass is 16.2. The number of carbonyl (C=O) groups is 2. The summed E-state index contributed by atoms with van der Waals surface area (Å²) in [6.07, 6.45) is 1.66. The van der Waals surface area contributed by atoms with Crippen LogP contribution in [0.1, 0.15) is 31.4 Å². The van der Waals surface area contributed by atoms with E-state index in [1.54, 1.807) is 23.0 Å². The van der Waals surface area contributed by atoms with Gasteiger partial charge in [0.25, 0.3) is 0 Å². The van der Waals surface area contributed by atoms with Crippen LogP contribution >= 0.6 is 0 Å². The van der Waals surface area contributed by atoms with E-state index >= 15 is 0 Å². The number of rotatable bonds is 4. The standard InChI is InChI=1S/C14H16N6O2/c1-9(2)13-17-11(8-19-12(21)7-16-14(19)22)20(18-13)10-5-3-4-6-15-10/h3-6,9H,7-8H2,1-2H3,(H,16,22). The molecule has 0 aromatic carbocycles. The Labute approximate surface area is 127 Å². The molecule has 3 rings (SSSR count).